The second-order valence-corrected chi connectivity index (χ2v) is 13.5. The number of hydrogen-bond acceptors (Lipinski definition) is 7. The number of nitrogens with one attached hydrogen (secondary N) is 1. The largest absolute Gasteiger partial charge is 0.464 e. The molecule has 1 aliphatic rings. The molecule has 0 amide bonds. The van der Waals surface area contributed by atoms with Crippen LogP contribution in [-0.4, -0.2) is 36.3 Å². The molecule has 2 heterocycles. The first-order valence-electron chi connectivity index (χ1n) is 15.7. The molecule has 0 bridgehead atoms. The highest BCUT2D eigenvalue weighted by atomic mass is 16.6. The Kier molecular flexibility index (Phi) is 10.5. The Bertz CT molecular complexity index is 1470. The standard InChI is InChI=1S/C37H48N4O3/c1-9-43-35(42)34(44-36(4,5)6)32-26(3)40-25(2)31(33(32)41-20-18-37(7,8)19-21-41)30-16-14-29(15-17-30)24-39-23-28-12-10-27(22-38)11-13-28/h10-17,34,39H,9,18-21,23-24H2,1-8H3/t34-/m0/s1. The first-order chi connectivity index (χ1) is 20.8. The molecule has 1 fully saturated rings. The lowest BCUT2D eigenvalue weighted by atomic mass is 9.81. The van der Waals surface area contributed by atoms with Crippen molar-refractivity contribution in [3.63, 3.8) is 0 Å². The Labute approximate surface area is 263 Å². The van der Waals surface area contributed by atoms with Crippen LogP contribution in [0.1, 0.15) is 94.1 Å². The summed E-state index contributed by atoms with van der Waals surface area (Å²) in [5.74, 6) is -0.385. The summed E-state index contributed by atoms with van der Waals surface area (Å²) in [5.41, 5.74) is 8.31. The first kappa shape index (κ1) is 33.2. The van der Waals surface area contributed by atoms with Gasteiger partial charge in [0.15, 0.2) is 6.10 Å². The van der Waals surface area contributed by atoms with Crippen molar-refractivity contribution < 1.29 is 14.3 Å². The number of aromatic nitrogens is 1. The number of ether oxygens (including phenoxy) is 2. The van der Waals surface area contributed by atoms with Crippen LogP contribution in [0.3, 0.4) is 0 Å². The molecule has 4 rings (SSSR count). The molecule has 1 saturated heterocycles. The minimum absolute atomic E-state index is 0.267. The number of aryl methyl sites for hydroxylation is 2. The second kappa shape index (κ2) is 13.9. The third-order valence-electron chi connectivity index (χ3n) is 8.23. The fourth-order valence-corrected chi connectivity index (χ4v) is 5.80. The predicted octanol–water partition coefficient (Wildman–Crippen LogP) is 7.57. The zero-order valence-electron chi connectivity index (χ0n) is 27.7. The molecule has 234 valence electrons. The lowest BCUT2D eigenvalue weighted by Crippen LogP contribution is -2.39. The number of benzene rings is 2. The van der Waals surface area contributed by atoms with Gasteiger partial charge in [0.25, 0.3) is 0 Å². The van der Waals surface area contributed by atoms with Crippen LogP contribution >= 0.6 is 0 Å². The molecule has 1 atom stereocenters. The summed E-state index contributed by atoms with van der Waals surface area (Å²) in [5, 5.41) is 12.5. The number of carbonyl (C=O) groups is 1. The predicted molar refractivity (Wildman–Crippen MR) is 176 cm³/mol. The summed E-state index contributed by atoms with van der Waals surface area (Å²) < 4.78 is 12.0. The van der Waals surface area contributed by atoms with E-state index in [2.05, 4.69) is 61.3 Å². The van der Waals surface area contributed by atoms with Crippen molar-refractivity contribution >= 4 is 11.7 Å². The fraction of sp³-hybridized carbons (Fsp3) is 0.486. The van der Waals surface area contributed by atoms with Crippen molar-refractivity contribution in [1.82, 2.24) is 10.3 Å². The van der Waals surface area contributed by atoms with Gasteiger partial charge in [-0.2, -0.15) is 5.26 Å². The highest BCUT2D eigenvalue weighted by Crippen LogP contribution is 2.45. The number of pyridine rings is 1. The molecule has 0 saturated carbocycles. The summed E-state index contributed by atoms with van der Waals surface area (Å²) in [4.78, 5) is 20.9. The molecule has 44 heavy (non-hydrogen) atoms. The van der Waals surface area contributed by atoms with Gasteiger partial charge in [0.2, 0.25) is 0 Å². The maximum atomic E-state index is 13.5. The third-order valence-corrected chi connectivity index (χ3v) is 8.23. The van der Waals surface area contributed by atoms with Crippen molar-refractivity contribution in [3.05, 3.63) is 82.2 Å². The minimum atomic E-state index is -0.891. The summed E-state index contributed by atoms with van der Waals surface area (Å²) in [6.45, 7) is 19.9. The molecule has 1 aliphatic heterocycles. The molecule has 7 heteroatoms. The van der Waals surface area contributed by atoms with E-state index in [1.807, 2.05) is 58.9 Å². The highest BCUT2D eigenvalue weighted by molar-refractivity contribution is 5.88. The van der Waals surface area contributed by atoms with Gasteiger partial charge in [0.05, 0.1) is 29.5 Å². The Morgan fingerprint density at radius 1 is 1.00 bits per heavy atom. The van der Waals surface area contributed by atoms with Gasteiger partial charge in [-0.1, -0.05) is 50.2 Å². The molecule has 1 N–H and O–H groups in total. The number of piperidine rings is 1. The topological polar surface area (TPSA) is 87.5 Å². The Morgan fingerprint density at radius 3 is 2.09 bits per heavy atom. The van der Waals surface area contributed by atoms with Gasteiger partial charge in [-0.25, -0.2) is 4.79 Å². The summed E-state index contributed by atoms with van der Waals surface area (Å²) in [6, 6.07) is 18.4. The van der Waals surface area contributed by atoms with Gasteiger partial charge in [-0.05, 0) is 88.6 Å². The van der Waals surface area contributed by atoms with Crippen LogP contribution < -0.4 is 10.2 Å². The van der Waals surface area contributed by atoms with E-state index in [1.165, 1.54) is 5.56 Å². The van der Waals surface area contributed by atoms with Crippen molar-refractivity contribution in [2.24, 2.45) is 5.41 Å². The van der Waals surface area contributed by atoms with Crippen LogP contribution in [0.2, 0.25) is 0 Å². The highest BCUT2D eigenvalue weighted by Gasteiger charge is 2.37. The van der Waals surface area contributed by atoms with E-state index in [4.69, 9.17) is 19.7 Å². The van der Waals surface area contributed by atoms with Gasteiger partial charge >= 0.3 is 5.97 Å². The Hall–Kier alpha value is -3.73. The van der Waals surface area contributed by atoms with Crippen LogP contribution in [0.25, 0.3) is 11.1 Å². The molecule has 2 aromatic carbocycles. The number of nitriles is 1. The number of carbonyl (C=O) groups excluding carboxylic acids is 1. The molecule has 7 nitrogen and oxygen atoms in total. The van der Waals surface area contributed by atoms with Gasteiger partial charge in [0, 0.05) is 48.7 Å². The monoisotopic (exact) mass is 596 g/mol. The molecule has 1 aromatic heterocycles. The third kappa shape index (κ3) is 8.25. The summed E-state index contributed by atoms with van der Waals surface area (Å²) in [7, 11) is 0. The summed E-state index contributed by atoms with van der Waals surface area (Å²) in [6.07, 6.45) is 1.22. The molecular weight excluding hydrogens is 548 g/mol. The van der Waals surface area contributed by atoms with Crippen molar-refractivity contribution in [3.8, 4) is 17.2 Å². The molecule has 0 aliphatic carbocycles. The maximum absolute atomic E-state index is 13.5. The number of rotatable bonds is 10. The average Bonchev–Trinajstić information content (AvgIpc) is 2.96. The van der Waals surface area contributed by atoms with E-state index in [9.17, 15) is 4.79 Å². The van der Waals surface area contributed by atoms with Crippen LogP contribution in [0.5, 0.6) is 0 Å². The fourth-order valence-electron chi connectivity index (χ4n) is 5.80. The average molecular weight is 597 g/mol. The van der Waals surface area contributed by atoms with Crippen LogP contribution in [0.15, 0.2) is 48.5 Å². The number of nitrogens with zero attached hydrogens (tertiary/aromatic N) is 3. The van der Waals surface area contributed by atoms with E-state index in [0.29, 0.717) is 5.56 Å². The van der Waals surface area contributed by atoms with E-state index in [1.54, 1.807) is 0 Å². The van der Waals surface area contributed by atoms with Crippen molar-refractivity contribution in [2.45, 2.75) is 93.0 Å². The second-order valence-electron chi connectivity index (χ2n) is 13.5. The molecule has 0 unspecified atom stereocenters. The maximum Gasteiger partial charge on any atom is 0.340 e. The van der Waals surface area contributed by atoms with Gasteiger partial charge < -0.3 is 19.7 Å². The number of esters is 1. The molecule has 0 spiro atoms. The van der Waals surface area contributed by atoms with Crippen LogP contribution in [-0.2, 0) is 27.4 Å². The van der Waals surface area contributed by atoms with E-state index < -0.39 is 11.7 Å². The smallest absolute Gasteiger partial charge is 0.340 e. The van der Waals surface area contributed by atoms with Crippen LogP contribution in [0.4, 0.5) is 5.69 Å². The van der Waals surface area contributed by atoms with Crippen molar-refractivity contribution in [1.29, 1.82) is 5.26 Å². The molecule has 0 radical (unpaired) electrons. The van der Waals surface area contributed by atoms with E-state index in [0.717, 1.165) is 78.3 Å². The quantitative estimate of drug-likeness (QED) is 0.242. The zero-order chi connectivity index (χ0) is 32.1. The first-order valence-corrected chi connectivity index (χ1v) is 15.7. The SMILES string of the molecule is CCOC(=O)[C@@H](OC(C)(C)C)c1c(C)nc(C)c(-c2ccc(CNCc3ccc(C#N)cc3)cc2)c1N1CCC(C)(C)CC1. The zero-order valence-corrected chi connectivity index (χ0v) is 27.7. The van der Waals surface area contributed by atoms with E-state index in [-0.39, 0.29) is 18.0 Å². The van der Waals surface area contributed by atoms with Gasteiger partial charge in [0.1, 0.15) is 0 Å². The Morgan fingerprint density at radius 2 is 1.57 bits per heavy atom. The lowest BCUT2D eigenvalue weighted by Gasteiger charge is -2.41. The summed E-state index contributed by atoms with van der Waals surface area (Å²) >= 11 is 0. The van der Waals surface area contributed by atoms with Gasteiger partial charge in [-0.3, -0.25) is 4.98 Å². The Balaban J connectivity index is 1.72. The normalized spacial score (nSPS) is 15.5. The van der Waals surface area contributed by atoms with Crippen molar-refractivity contribution in [2.75, 3.05) is 24.6 Å². The number of anilines is 1. The van der Waals surface area contributed by atoms with Crippen LogP contribution in [0, 0.1) is 30.6 Å². The van der Waals surface area contributed by atoms with Gasteiger partial charge in [-0.15, -0.1) is 0 Å². The van der Waals surface area contributed by atoms with E-state index >= 15 is 0 Å². The lowest BCUT2D eigenvalue weighted by molar-refractivity contribution is -0.166. The number of hydrogen-bond donors (Lipinski definition) is 1. The minimum Gasteiger partial charge on any atom is -0.464 e. The molecule has 3 aromatic rings. The molecular formula is C37H48N4O3.